The van der Waals surface area contributed by atoms with Crippen LogP contribution in [-0.2, 0) is 0 Å². The highest BCUT2D eigenvalue weighted by Gasteiger charge is 2.14. The van der Waals surface area contributed by atoms with Gasteiger partial charge < -0.3 is 5.73 Å². The molecule has 0 spiro atoms. The van der Waals surface area contributed by atoms with Crippen LogP contribution in [0.5, 0.6) is 0 Å². The first-order chi connectivity index (χ1) is 9.24. The average Bonchev–Trinajstić information content (AvgIpc) is 3.07. The van der Waals surface area contributed by atoms with Gasteiger partial charge >= 0.3 is 0 Å². The van der Waals surface area contributed by atoms with Crippen molar-refractivity contribution < 1.29 is 0 Å². The Kier molecular flexibility index (Phi) is 3.42. The van der Waals surface area contributed by atoms with Crippen molar-refractivity contribution >= 4 is 22.7 Å². The Bertz CT molecular complexity index is 673. The molecule has 0 aliphatic carbocycles. The van der Waals surface area contributed by atoms with Gasteiger partial charge in [-0.05, 0) is 12.5 Å². The molecule has 96 valence electrons. The van der Waals surface area contributed by atoms with Crippen LogP contribution in [-0.4, -0.2) is 9.97 Å². The van der Waals surface area contributed by atoms with Crippen LogP contribution >= 0.6 is 22.7 Å². The van der Waals surface area contributed by atoms with Gasteiger partial charge in [0.25, 0.3) is 0 Å². The normalized spacial score (nSPS) is 12.5. The van der Waals surface area contributed by atoms with Crippen molar-refractivity contribution in [2.45, 2.75) is 13.0 Å². The fourth-order valence-electron chi connectivity index (χ4n) is 1.83. The monoisotopic (exact) mass is 287 g/mol. The molecule has 2 N–H and O–H groups in total. The summed E-state index contributed by atoms with van der Waals surface area (Å²) in [4.78, 5) is 9.06. The van der Waals surface area contributed by atoms with Crippen molar-refractivity contribution in [3.8, 4) is 11.4 Å². The highest BCUT2D eigenvalue weighted by atomic mass is 32.1. The SMILES string of the molecule is Cc1nc(-c2csc(C(N)c3ccccc3)n2)cs1. The van der Waals surface area contributed by atoms with E-state index in [4.69, 9.17) is 5.73 Å². The maximum Gasteiger partial charge on any atom is 0.115 e. The van der Waals surface area contributed by atoms with E-state index >= 15 is 0 Å². The minimum absolute atomic E-state index is 0.167. The van der Waals surface area contributed by atoms with Crippen LogP contribution in [0.4, 0.5) is 0 Å². The minimum Gasteiger partial charge on any atom is -0.318 e. The molecule has 0 aliphatic rings. The number of nitrogens with zero attached hydrogens (tertiary/aromatic N) is 2. The van der Waals surface area contributed by atoms with Crippen molar-refractivity contribution in [1.29, 1.82) is 0 Å². The molecule has 0 bridgehead atoms. The molecule has 0 radical (unpaired) electrons. The van der Waals surface area contributed by atoms with Gasteiger partial charge in [0, 0.05) is 10.8 Å². The maximum atomic E-state index is 6.24. The summed E-state index contributed by atoms with van der Waals surface area (Å²) in [6.45, 7) is 2.00. The molecule has 19 heavy (non-hydrogen) atoms. The molecule has 0 saturated heterocycles. The van der Waals surface area contributed by atoms with Crippen molar-refractivity contribution in [2.75, 3.05) is 0 Å². The molecular weight excluding hydrogens is 274 g/mol. The molecule has 1 aromatic carbocycles. The van der Waals surface area contributed by atoms with E-state index in [0.29, 0.717) is 0 Å². The Morgan fingerprint density at radius 3 is 2.37 bits per heavy atom. The minimum atomic E-state index is -0.167. The Morgan fingerprint density at radius 2 is 1.68 bits per heavy atom. The van der Waals surface area contributed by atoms with Crippen LogP contribution in [0.2, 0.25) is 0 Å². The van der Waals surface area contributed by atoms with E-state index in [9.17, 15) is 0 Å². The summed E-state index contributed by atoms with van der Waals surface area (Å²) in [7, 11) is 0. The second-order valence-electron chi connectivity index (χ2n) is 4.21. The summed E-state index contributed by atoms with van der Waals surface area (Å²) in [5, 5.41) is 6.03. The van der Waals surface area contributed by atoms with Crippen molar-refractivity contribution in [1.82, 2.24) is 9.97 Å². The van der Waals surface area contributed by atoms with E-state index in [-0.39, 0.29) is 6.04 Å². The van der Waals surface area contributed by atoms with Crippen LogP contribution in [0, 0.1) is 6.92 Å². The molecular formula is C14H13N3S2. The van der Waals surface area contributed by atoms with Crippen molar-refractivity contribution in [2.24, 2.45) is 5.73 Å². The number of hydrogen-bond acceptors (Lipinski definition) is 5. The topological polar surface area (TPSA) is 51.8 Å². The number of hydrogen-bond donors (Lipinski definition) is 1. The van der Waals surface area contributed by atoms with Crippen LogP contribution in [0.25, 0.3) is 11.4 Å². The molecule has 0 saturated carbocycles. The number of nitrogens with two attached hydrogens (primary N) is 1. The molecule has 2 heterocycles. The van der Waals surface area contributed by atoms with Gasteiger partial charge in [-0.3, -0.25) is 0 Å². The Hall–Kier alpha value is -1.56. The molecule has 0 fully saturated rings. The molecule has 3 aromatic rings. The lowest BCUT2D eigenvalue weighted by molar-refractivity contribution is 0.858. The van der Waals surface area contributed by atoms with Crippen LogP contribution in [0.1, 0.15) is 21.6 Å². The lowest BCUT2D eigenvalue weighted by atomic mass is 10.1. The number of aryl methyl sites for hydroxylation is 1. The van der Waals surface area contributed by atoms with E-state index in [1.54, 1.807) is 22.7 Å². The molecule has 1 atom stereocenters. The first-order valence-corrected chi connectivity index (χ1v) is 7.68. The van der Waals surface area contributed by atoms with E-state index < -0.39 is 0 Å². The largest absolute Gasteiger partial charge is 0.318 e. The molecule has 3 nitrogen and oxygen atoms in total. The molecule has 0 aliphatic heterocycles. The van der Waals surface area contributed by atoms with Gasteiger partial charge in [-0.15, -0.1) is 22.7 Å². The summed E-state index contributed by atoms with van der Waals surface area (Å²) in [5.41, 5.74) is 9.17. The maximum absolute atomic E-state index is 6.24. The second-order valence-corrected chi connectivity index (χ2v) is 6.16. The molecule has 2 aromatic heterocycles. The Balaban J connectivity index is 1.89. The summed E-state index contributed by atoms with van der Waals surface area (Å²) < 4.78 is 0. The Labute approximate surface area is 119 Å². The average molecular weight is 287 g/mol. The van der Waals surface area contributed by atoms with E-state index in [1.165, 1.54) is 0 Å². The number of benzene rings is 1. The predicted molar refractivity (Wildman–Crippen MR) is 80.4 cm³/mol. The van der Waals surface area contributed by atoms with Gasteiger partial charge in [0.15, 0.2) is 0 Å². The van der Waals surface area contributed by atoms with Crippen LogP contribution in [0.15, 0.2) is 41.1 Å². The zero-order valence-electron chi connectivity index (χ0n) is 10.4. The third-order valence-corrected chi connectivity index (χ3v) is 4.53. The van der Waals surface area contributed by atoms with Crippen molar-refractivity contribution in [3.05, 3.63) is 56.7 Å². The summed E-state index contributed by atoms with van der Waals surface area (Å²) >= 11 is 3.22. The van der Waals surface area contributed by atoms with Gasteiger partial charge in [0.05, 0.1) is 11.0 Å². The third kappa shape index (κ3) is 2.58. The van der Waals surface area contributed by atoms with E-state index in [2.05, 4.69) is 9.97 Å². The Morgan fingerprint density at radius 1 is 1.00 bits per heavy atom. The highest BCUT2D eigenvalue weighted by Crippen LogP contribution is 2.28. The smallest absolute Gasteiger partial charge is 0.115 e. The number of aromatic nitrogens is 2. The van der Waals surface area contributed by atoms with Gasteiger partial charge in [0.2, 0.25) is 0 Å². The van der Waals surface area contributed by atoms with E-state index in [0.717, 1.165) is 27.0 Å². The van der Waals surface area contributed by atoms with Crippen LogP contribution < -0.4 is 5.73 Å². The summed E-state index contributed by atoms with van der Waals surface area (Å²) in [6.07, 6.45) is 0. The molecule has 0 amide bonds. The zero-order valence-corrected chi connectivity index (χ0v) is 12.0. The van der Waals surface area contributed by atoms with Gasteiger partial charge in [-0.1, -0.05) is 30.3 Å². The van der Waals surface area contributed by atoms with Gasteiger partial charge in [-0.2, -0.15) is 0 Å². The quantitative estimate of drug-likeness (QED) is 0.800. The highest BCUT2D eigenvalue weighted by molar-refractivity contribution is 7.10. The first-order valence-electron chi connectivity index (χ1n) is 5.92. The molecule has 5 heteroatoms. The third-order valence-electron chi connectivity index (χ3n) is 2.83. The molecule has 3 rings (SSSR count). The molecule has 1 unspecified atom stereocenters. The van der Waals surface area contributed by atoms with Crippen LogP contribution in [0.3, 0.4) is 0 Å². The first kappa shape index (κ1) is 12.5. The van der Waals surface area contributed by atoms with Gasteiger partial charge in [-0.25, -0.2) is 9.97 Å². The fourth-order valence-corrected chi connectivity index (χ4v) is 3.28. The summed E-state index contributed by atoms with van der Waals surface area (Å²) in [6, 6.07) is 9.86. The van der Waals surface area contributed by atoms with E-state index in [1.807, 2.05) is 48.0 Å². The lowest BCUT2D eigenvalue weighted by Crippen LogP contribution is -2.11. The van der Waals surface area contributed by atoms with Gasteiger partial charge in [0.1, 0.15) is 16.4 Å². The van der Waals surface area contributed by atoms with Crippen molar-refractivity contribution in [3.63, 3.8) is 0 Å². The standard InChI is InChI=1S/C14H13N3S2/c1-9-16-11(7-18-9)12-8-19-14(17-12)13(15)10-5-3-2-4-6-10/h2-8,13H,15H2,1H3. The predicted octanol–water partition coefficient (Wildman–Crippen LogP) is 3.62. The summed E-state index contributed by atoms with van der Waals surface area (Å²) in [5.74, 6) is 0. The second kappa shape index (κ2) is 5.21. The fraction of sp³-hybridized carbons (Fsp3) is 0.143. The number of rotatable bonds is 3. The zero-order chi connectivity index (χ0) is 13.2. The number of thiazole rings is 2. The lowest BCUT2D eigenvalue weighted by Gasteiger charge is -2.07.